The summed E-state index contributed by atoms with van der Waals surface area (Å²) in [4.78, 5) is 10.8. The van der Waals surface area contributed by atoms with Gasteiger partial charge >= 0.3 is 0 Å². The molecule has 1 N–H and O–H groups in total. The first kappa shape index (κ1) is 10.2. The van der Waals surface area contributed by atoms with Gasteiger partial charge in [-0.1, -0.05) is 6.58 Å². The van der Waals surface area contributed by atoms with E-state index in [1.807, 2.05) is 0 Å². The van der Waals surface area contributed by atoms with Crippen LogP contribution in [-0.2, 0) is 14.6 Å². The zero-order valence-corrected chi connectivity index (χ0v) is 8.30. The van der Waals surface area contributed by atoms with Crippen LogP contribution in [0.25, 0.3) is 0 Å². The molecular weight excluding hydrogens is 190 g/mol. The normalized spacial score (nSPS) is 27.5. The Morgan fingerprint density at radius 3 is 2.46 bits per heavy atom. The van der Waals surface area contributed by atoms with E-state index in [2.05, 4.69) is 11.9 Å². The lowest BCUT2D eigenvalue weighted by Gasteiger charge is -2.33. The Morgan fingerprint density at radius 1 is 1.54 bits per heavy atom. The van der Waals surface area contributed by atoms with E-state index in [-0.39, 0.29) is 17.2 Å². The van der Waals surface area contributed by atoms with Gasteiger partial charge in [0.25, 0.3) is 0 Å². The Labute approximate surface area is 77.9 Å². The minimum atomic E-state index is -2.92. The van der Waals surface area contributed by atoms with Gasteiger partial charge in [-0.2, -0.15) is 0 Å². The predicted molar refractivity (Wildman–Crippen MR) is 50.0 cm³/mol. The van der Waals surface area contributed by atoms with Crippen molar-refractivity contribution < 1.29 is 13.2 Å². The Bertz CT molecular complexity index is 314. The first-order chi connectivity index (χ1) is 5.93. The van der Waals surface area contributed by atoms with E-state index >= 15 is 0 Å². The third-order valence-corrected chi connectivity index (χ3v) is 3.83. The number of amides is 1. The Morgan fingerprint density at radius 2 is 2.08 bits per heavy atom. The molecule has 1 amide bonds. The monoisotopic (exact) mass is 203 g/mol. The van der Waals surface area contributed by atoms with E-state index in [1.54, 1.807) is 0 Å². The second kappa shape index (κ2) is 3.49. The van der Waals surface area contributed by atoms with Crippen molar-refractivity contribution in [1.82, 2.24) is 5.32 Å². The zero-order chi connectivity index (χ0) is 10.1. The molecular formula is C8H13NO3S. The van der Waals surface area contributed by atoms with Crippen molar-refractivity contribution in [2.45, 2.75) is 24.1 Å². The Kier molecular flexibility index (Phi) is 2.75. The van der Waals surface area contributed by atoms with Crippen LogP contribution in [0.15, 0.2) is 12.7 Å². The summed E-state index contributed by atoms with van der Waals surface area (Å²) in [5.41, 5.74) is 0. The molecule has 4 nitrogen and oxygen atoms in total. The zero-order valence-electron chi connectivity index (χ0n) is 7.49. The van der Waals surface area contributed by atoms with Gasteiger partial charge in [0.15, 0.2) is 0 Å². The minimum Gasteiger partial charge on any atom is -0.350 e. The molecule has 1 rings (SSSR count). The van der Waals surface area contributed by atoms with Gasteiger partial charge in [0.1, 0.15) is 9.84 Å². The van der Waals surface area contributed by atoms with Crippen LogP contribution in [0.1, 0.15) is 12.8 Å². The van der Waals surface area contributed by atoms with Crippen molar-refractivity contribution in [1.29, 1.82) is 0 Å². The number of carbonyl (C=O) groups excluding carboxylic acids is 1. The van der Waals surface area contributed by atoms with Gasteiger partial charge < -0.3 is 5.32 Å². The fraction of sp³-hybridized carbons (Fsp3) is 0.625. The number of carbonyl (C=O) groups is 1. The van der Waals surface area contributed by atoms with Crippen LogP contribution in [0.2, 0.25) is 0 Å². The van der Waals surface area contributed by atoms with E-state index in [4.69, 9.17) is 0 Å². The molecule has 0 aromatic heterocycles. The summed E-state index contributed by atoms with van der Waals surface area (Å²) in [5.74, 6) is -0.239. The van der Waals surface area contributed by atoms with Crippen LogP contribution in [0.4, 0.5) is 0 Å². The maximum Gasteiger partial charge on any atom is 0.243 e. The average molecular weight is 203 g/mol. The Balaban J connectivity index is 2.34. The van der Waals surface area contributed by atoms with Gasteiger partial charge in [-0.15, -0.1) is 0 Å². The summed E-state index contributed by atoms with van der Waals surface area (Å²) in [6, 6.07) is 0.00484. The maximum absolute atomic E-state index is 11.0. The topological polar surface area (TPSA) is 63.2 Å². The second-order valence-electron chi connectivity index (χ2n) is 3.33. The Hall–Kier alpha value is -0.840. The van der Waals surface area contributed by atoms with Crippen molar-refractivity contribution >= 4 is 15.7 Å². The van der Waals surface area contributed by atoms with Crippen LogP contribution in [-0.4, -0.2) is 31.9 Å². The average Bonchev–Trinajstić information content (AvgIpc) is 1.92. The molecule has 1 aliphatic carbocycles. The molecule has 0 radical (unpaired) electrons. The highest BCUT2D eigenvalue weighted by atomic mass is 32.2. The molecule has 0 unspecified atom stereocenters. The summed E-state index contributed by atoms with van der Waals surface area (Å²) >= 11 is 0. The van der Waals surface area contributed by atoms with Crippen LogP contribution in [0.5, 0.6) is 0 Å². The summed E-state index contributed by atoms with van der Waals surface area (Å²) in [6.07, 6.45) is 3.47. The molecule has 1 saturated carbocycles. The summed E-state index contributed by atoms with van der Waals surface area (Å²) in [5, 5.41) is 2.37. The van der Waals surface area contributed by atoms with Crippen molar-refractivity contribution in [3.8, 4) is 0 Å². The molecule has 0 aromatic rings. The fourth-order valence-corrected chi connectivity index (χ4v) is 2.46. The molecule has 0 atom stereocenters. The molecule has 0 aromatic carbocycles. The van der Waals surface area contributed by atoms with Gasteiger partial charge in [-0.25, -0.2) is 8.42 Å². The molecule has 0 aliphatic heterocycles. The van der Waals surface area contributed by atoms with Crippen molar-refractivity contribution in [3.05, 3.63) is 12.7 Å². The summed E-state index contributed by atoms with van der Waals surface area (Å²) in [7, 11) is -2.92. The molecule has 74 valence electrons. The lowest BCUT2D eigenvalue weighted by Crippen LogP contribution is -2.49. The lowest BCUT2D eigenvalue weighted by molar-refractivity contribution is -0.117. The van der Waals surface area contributed by atoms with Gasteiger partial charge in [0.05, 0.1) is 5.25 Å². The highest BCUT2D eigenvalue weighted by molar-refractivity contribution is 7.91. The second-order valence-corrected chi connectivity index (χ2v) is 5.66. The van der Waals surface area contributed by atoms with E-state index < -0.39 is 9.84 Å². The number of hydrogen-bond donors (Lipinski definition) is 1. The van der Waals surface area contributed by atoms with Crippen molar-refractivity contribution in [3.63, 3.8) is 0 Å². The molecule has 0 heterocycles. The van der Waals surface area contributed by atoms with E-state index in [0.717, 1.165) is 0 Å². The van der Waals surface area contributed by atoms with E-state index in [9.17, 15) is 13.2 Å². The SMILES string of the molecule is C=CC(=O)NC1CC(S(C)(=O)=O)C1. The molecule has 1 aliphatic rings. The molecule has 0 saturated heterocycles. The first-order valence-electron chi connectivity index (χ1n) is 4.05. The van der Waals surface area contributed by atoms with Crippen LogP contribution < -0.4 is 5.32 Å². The number of nitrogens with one attached hydrogen (secondary N) is 1. The predicted octanol–water partition coefficient (Wildman–Crippen LogP) is -0.136. The van der Waals surface area contributed by atoms with Crippen molar-refractivity contribution in [2.24, 2.45) is 0 Å². The van der Waals surface area contributed by atoms with Crippen molar-refractivity contribution in [2.75, 3.05) is 6.26 Å². The van der Waals surface area contributed by atoms with E-state index in [0.29, 0.717) is 12.8 Å². The third kappa shape index (κ3) is 2.55. The van der Waals surface area contributed by atoms with Crippen LogP contribution in [0.3, 0.4) is 0 Å². The summed E-state index contributed by atoms with van der Waals surface area (Å²) < 4.78 is 22.0. The number of sulfone groups is 1. The standard InChI is InChI=1S/C8H13NO3S/c1-3-8(10)9-6-4-7(5-6)13(2,11)12/h3,6-7H,1,4-5H2,2H3,(H,9,10). The smallest absolute Gasteiger partial charge is 0.243 e. The van der Waals surface area contributed by atoms with Crippen LogP contribution >= 0.6 is 0 Å². The molecule has 1 fully saturated rings. The molecule has 5 heteroatoms. The number of rotatable bonds is 3. The lowest BCUT2D eigenvalue weighted by atomic mass is 9.92. The quantitative estimate of drug-likeness (QED) is 0.650. The van der Waals surface area contributed by atoms with Gasteiger partial charge in [0, 0.05) is 12.3 Å². The summed E-state index contributed by atoms with van der Waals surface area (Å²) in [6.45, 7) is 3.31. The fourth-order valence-electron chi connectivity index (χ4n) is 1.29. The third-order valence-electron chi connectivity index (χ3n) is 2.23. The molecule has 0 spiro atoms. The number of hydrogen-bond acceptors (Lipinski definition) is 3. The first-order valence-corrected chi connectivity index (χ1v) is 6.00. The molecule has 13 heavy (non-hydrogen) atoms. The van der Waals surface area contributed by atoms with E-state index in [1.165, 1.54) is 12.3 Å². The van der Waals surface area contributed by atoms with Crippen LogP contribution in [0, 0.1) is 0 Å². The van der Waals surface area contributed by atoms with Gasteiger partial charge in [-0.3, -0.25) is 4.79 Å². The van der Waals surface area contributed by atoms with Gasteiger partial charge in [-0.05, 0) is 18.9 Å². The maximum atomic E-state index is 11.0. The molecule has 0 bridgehead atoms. The minimum absolute atomic E-state index is 0.00484. The highest BCUT2D eigenvalue weighted by Gasteiger charge is 2.36. The highest BCUT2D eigenvalue weighted by Crippen LogP contribution is 2.26. The largest absolute Gasteiger partial charge is 0.350 e. The van der Waals surface area contributed by atoms with Gasteiger partial charge in [0.2, 0.25) is 5.91 Å².